The largest absolute Gasteiger partial charge is 0.348 e. The summed E-state index contributed by atoms with van der Waals surface area (Å²) >= 11 is 0. The third-order valence-corrected chi connectivity index (χ3v) is 9.59. The highest BCUT2D eigenvalue weighted by molar-refractivity contribution is 7.93. The number of carbonyl (C=O) groups excluding carboxylic acids is 2. The maximum absolute atomic E-state index is 13.1. The van der Waals surface area contributed by atoms with E-state index in [1.54, 1.807) is 13.8 Å². The number of benzene rings is 1. The molecule has 2 aromatic rings. The molecule has 1 saturated carbocycles. The van der Waals surface area contributed by atoms with E-state index in [0.717, 1.165) is 11.1 Å². The molecule has 0 saturated heterocycles. The molecule has 0 spiro atoms. The van der Waals surface area contributed by atoms with Crippen LogP contribution < -0.4 is 10.9 Å². The summed E-state index contributed by atoms with van der Waals surface area (Å²) in [7, 11) is -3.34. The van der Waals surface area contributed by atoms with Gasteiger partial charge in [0.25, 0.3) is 17.4 Å². The molecule has 1 aromatic heterocycles. The van der Waals surface area contributed by atoms with Crippen LogP contribution in [0.5, 0.6) is 0 Å². The van der Waals surface area contributed by atoms with Gasteiger partial charge in [0.15, 0.2) is 9.84 Å². The van der Waals surface area contributed by atoms with Crippen LogP contribution in [0.15, 0.2) is 41.2 Å². The molecule has 176 valence electrons. The van der Waals surface area contributed by atoms with Crippen LogP contribution in [0, 0.1) is 6.92 Å². The van der Waals surface area contributed by atoms with Crippen LogP contribution in [0.1, 0.15) is 58.7 Å². The molecule has 0 unspecified atom stereocenters. The first kappa shape index (κ1) is 23.2. The maximum atomic E-state index is 13.1. The summed E-state index contributed by atoms with van der Waals surface area (Å²) < 4.78 is 26.0. The third-order valence-electron chi connectivity index (χ3n) is 6.60. The van der Waals surface area contributed by atoms with Crippen molar-refractivity contribution in [3.63, 3.8) is 0 Å². The van der Waals surface area contributed by atoms with Crippen LogP contribution >= 0.6 is 0 Å². The highest BCUT2D eigenvalue weighted by Gasteiger charge is 2.56. The average Bonchev–Trinajstić information content (AvgIpc) is 3.57. The zero-order chi connectivity index (χ0) is 24.0. The molecule has 2 aliphatic rings. The van der Waals surface area contributed by atoms with Crippen molar-refractivity contribution < 1.29 is 18.0 Å². The van der Waals surface area contributed by atoms with Crippen LogP contribution in [0.25, 0.3) is 0 Å². The summed E-state index contributed by atoms with van der Waals surface area (Å²) in [5.74, 6) is -0.874. The molecule has 1 aliphatic heterocycles. The van der Waals surface area contributed by atoms with Crippen LogP contribution in [-0.2, 0) is 22.9 Å². The minimum absolute atomic E-state index is 0.0202. The van der Waals surface area contributed by atoms with Gasteiger partial charge >= 0.3 is 0 Å². The number of nitrogens with zero attached hydrogens (tertiary/aromatic N) is 2. The van der Waals surface area contributed by atoms with Crippen molar-refractivity contribution in [3.05, 3.63) is 69.1 Å². The topological polar surface area (TPSA) is 106 Å². The lowest BCUT2D eigenvalue weighted by Crippen LogP contribution is -2.50. The zero-order valence-corrected chi connectivity index (χ0v) is 19.9. The molecule has 2 amide bonds. The SMILES string of the molecule is Cc1ccc(CNC(=O)c2ccc3n(c2=O)CCN(CC2(S(=O)(=O)C(C)C)CC2)C3=O)cc1. The normalized spacial score (nSPS) is 17.1. The van der Waals surface area contributed by atoms with Crippen molar-refractivity contribution in [2.75, 3.05) is 13.1 Å². The number of carbonyl (C=O) groups is 2. The number of pyridine rings is 1. The number of nitrogens with one attached hydrogen (secondary N) is 1. The predicted octanol–water partition coefficient (Wildman–Crippen LogP) is 1.90. The Kier molecular flexibility index (Phi) is 5.94. The second-order valence-electron chi connectivity index (χ2n) is 9.26. The Balaban J connectivity index is 1.50. The molecule has 9 heteroatoms. The second kappa shape index (κ2) is 8.44. The second-order valence-corrected chi connectivity index (χ2v) is 12.2. The molecule has 0 bridgehead atoms. The molecule has 0 radical (unpaired) electrons. The number of aromatic nitrogens is 1. The number of sulfone groups is 1. The van der Waals surface area contributed by atoms with E-state index in [2.05, 4.69) is 5.32 Å². The molecule has 0 atom stereocenters. The van der Waals surface area contributed by atoms with Crippen molar-refractivity contribution >= 4 is 21.7 Å². The molecule has 1 N–H and O–H groups in total. The first-order chi connectivity index (χ1) is 15.6. The molecular formula is C24H29N3O5S. The Bertz CT molecular complexity index is 1260. The maximum Gasteiger partial charge on any atom is 0.270 e. The van der Waals surface area contributed by atoms with Crippen LogP contribution in [0.4, 0.5) is 0 Å². The Morgan fingerprint density at radius 2 is 1.73 bits per heavy atom. The lowest BCUT2D eigenvalue weighted by atomic mass is 10.1. The van der Waals surface area contributed by atoms with Gasteiger partial charge in [-0.25, -0.2) is 8.42 Å². The number of amides is 2. The molecular weight excluding hydrogens is 442 g/mol. The van der Waals surface area contributed by atoms with Crippen molar-refractivity contribution in [2.24, 2.45) is 0 Å². The zero-order valence-electron chi connectivity index (χ0n) is 19.1. The lowest BCUT2D eigenvalue weighted by Gasteiger charge is -2.33. The molecule has 2 heterocycles. The van der Waals surface area contributed by atoms with Gasteiger partial charge in [-0.05, 0) is 51.3 Å². The number of fused-ring (bicyclic) bond motifs is 1. The molecule has 8 nitrogen and oxygen atoms in total. The summed E-state index contributed by atoms with van der Waals surface area (Å²) in [6.07, 6.45) is 1.09. The van der Waals surface area contributed by atoms with E-state index in [1.807, 2.05) is 31.2 Å². The fraction of sp³-hybridized carbons (Fsp3) is 0.458. The Morgan fingerprint density at radius 3 is 2.33 bits per heavy atom. The van der Waals surface area contributed by atoms with E-state index >= 15 is 0 Å². The van der Waals surface area contributed by atoms with Crippen molar-refractivity contribution in [1.82, 2.24) is 14.8 Å². The summed E-state index contributed by atoms with van der Waals surface area (Å²) in [6, 6.07) is 10.6. The van der Waals surface area contributed by atoms with Gasteiger partial charge in [-0.2, -0.15) is 0 Å². The smallest absolute Gasteiger partial charge is 0.270 e. The van der Waals surface area contributed by atoms with Gasteiger partial charge in [-0.15, -0.1) is 0 Å². The molecule has 4 rings (SSSR count). The standard InChI is InChI=1S/C24H29N3O5S/c1-16(2)33(31,32)24(10-11-24)15-26-12-13-27-20(23(26)30)9-8-19(22(27)29)21(28)25-14-18-6-4-17(3)5-7-18/h4-9,16H,10-15H2,1-3H3,(H,25,28). The van der Waals surface area contributed by atoms with Gasteiger partial charge in [-0.1, -0.05) is 29.8 Å². The van der Waals surface area contributed by atoms with Crippen LogP contribution in [0.3, 0.4) is 0 Å². The van der Waals surface area contributed by atoms with Crippen molar-refractivity contribution in [1.29, 1.82) is 0 Å². The highest BCUT2D eigenvalue weighted by atomic mass is 32.2. The fourth-order valence-corrected chi connectivity index (χ4v) is 6.31. The van der Waals surface area contributed by atoms with Gasteiger partial charge in [0.05, 0.1) is 10.00 Å². The van der Waals surface area contributed by atoms with E-state index in [0.29, 0.717) is 19.4 Å². The molecule has 1 aliphatic carbocycles. The molecule has 1 fully saturated rings. The number of rotatable bonds is 7. The number of aryl methyl sites for hydroxylation is 1. The Morgan fingerprint density at radius 1 is 1.06 bits per heavy atom. The van der Waals surface area contributed by atoms with Crippen LogP contribution in [0.2, 0.25) is 0 Å². The van der Waals surface area contributed by atoms with E-state index in [1.165, 1.54) is 21.6 Å². The van der Waals surface area contributed by atoms with Gasteiger partial charge < -0.3 is 14.8 Å². The van der Waals surface area contributed by atoms with Crippen LogP contribution in [-0.4, -0.2) is 52.8 Å². The van der Waals surface area contributed by atoms with Gasteiger partial charge in [0, 0.05) is 26.2 Å². The molecule has 33 heavy (non-hydrogen) atoms. The summed E-state index contributed by atoms with van der Waals surface area (Å²) in [6.45, 7) is 6.18. The monoisotopic (exact) mass is 471 g/mol. The number of hydrogen-bond acceptors (Lipinski definition) is 5. The van der Waals surface area contributed by atoms with Crippen molar-refractivity contribution in [3.8, 4) is 0 Å². The average molecular weight is 472 g/mol. The first-order valence-electron chi connectivity index (χ1n) is 11.2. The highest BCUT2D eigenvalue weighted by Crippen LogP contribution is 2.46. The number of hydrogen-bond donors (Lipinski definition) is 1. The van der Waals surface area contributed by atoms with Gasteiger partial charge in [-0.3, -0.25) is 14.4 Å². The molecule has 1 aromatic carbocycles. The van der Waals surface area contributed by atoms with Gasteiger partial charge in [0.1, 0.15) is 11.3 Å². The Hall–Kier alpha value is -2.94. The first-order valence-corrected chi connectivity index (χ1v) is 12.7. The minimum Gasteiger partial charge on any atom is -0.348 e. The van der Waals surface area contributed by atoms with E-state index in [-0.39, 0.29) is 36.8 Å². The summed E-state index contributed by atoms with van der Waals surface area (Å²) in [5.41, 5.74) is 1.68. The Labute approximate surface area is 193 Å². The third kappa shape index (κ3) is 4.21. The quantitative estimate of drug-likeness (QED) is 0.664. The summed E-state index contributed by atoms with van der Waals surface area (Å²) in [4.78, 5) is 40.2. The van der Waals surface area contributed by atoms with Crippen molar-refractivity contribution in [2.45, 2.75) is 56.7 Å². The van der Waals surface area contributed by atoms with E-state index in [4.69, 9.17) is 0 Å². The summed E-state index contributed by atoms with van der Waals surface area (Å²) in [5, 5.41) is 2.25. The predicted molar refractivity (Wildman–Crippen MR) is 125 cm³/mol. The van der Waals surface area contributed by atoms with E-state index < -0.39 is 31.3 Å². The minimum atomic E-state index is -3.34. The van der Waals surface area contributed by atoms with E-state index in [9.17, 15) is 22.8 Å². The fourth-order valence-electron chi connectivity index (χ4n) is 4.30. The lowest BCUT2D eigenvalue weighted by molar-refractivity contribution is 0.0694. The van der Waals surface area contributed by atoms with Gasteiger partial charge in [0.2, 0.25) is 0 Å².